The van der Waals surface area contributed by atoms with E-state index in [1.807, 2.05) is 10.6 Å². The third-order valence-corrected chi connectivity index (χ3v) is 3.10. The van der Waals surface area contributed by atoms with Crippen molar-refractivity contribution in [2.24, 2.45) is 0 Å². The highest BCUT2D eigenvalue weighted by Crippen LogP contribution is 2.17. The van der Waals surface area contributed by atoms with Crippen molar-refractivity contribution in [2.45, 2.75) is 25.8 Å². The average molecular weight is 232 g/mol. The second-order valence-electron chi connectivity index (χ2n) is 4.48. The number of nitrogens with one attached hydrogen (secondary N) is 1. The van der Waals surface area contributed by atoms with E-state index in [2.05, 4.69) is 28.4 Å². The molecule has 1 saturated heterocycles. The molecule has 0 radical (unpaired) electrons. The molecule has 5 heteroatoms. The van der Waals surface area contributed by atoms with Crippen molar-refractivity contribution in [1.82, 2.24) is 14.6 Å². The summed E-state index contributed by atoms with van der Waals surface area (Å²) in [6.45, 7) is 3.75. The number of fused-ring (bicyclic) bond motifs is 1. The molecule has 1 aliphatic heterocycles. The minimum atomic E-state index is 0.470. The van der Waals surface area contributed by atoms with E-state index in [1.165, 1.54) is 5.56 Å². The number of aromatic nitrogens is 3. The first-order valence-electron chi connectivity index (χ1n) is 5.97. The van der Waals surface area contributed by atoms with E-state index in [1.54, 1.807) is 6.33 Å². The minimum Gasteiger partial charge on any atom is -0.381 e. The van der Waals surface area contributed by atoms with Crippen LogP contribution in [0.3, 0.4) is 0 Å². The smallest absolute Gasteiger partial charge is 0.157 e. The van der Waals surface area contributed by atoms with Gasteiger partial charge in [0.25, 0.3) is 0 Å². The van der Waals surface area contributed by atoms with Crippen molar-refractivity contribution in [3.63, 3.8) is 0 Å². The molecule has 0 aromatic carbocycles. The van der Waals surface area contributed by atoms with Crippen LogP contribution < -0.4 is 5.32 Å². The maximum absolute atomic E-state index is 5.36. The van der Waals surface area contributed by atoms with Crippen molar-refractivity contribution >= 4 is 11.5 Å². The molecule has 0 unspecified atom stereocenters. The summed E-state index contributed by atoms with van der Waals surface area (Å²) in [5, 5.41) is 7.77. The highest BCUT2D eigenvalue weighted by atomic mass is 16.5. The lowest BCUT2D eigenvalue weighted by Crippen LogP contribution is -2.28. The van der Waals surface area contributed by atoms with Gasteiger partial charge in [-0.3, -0.25) is 0 Å². The van der Waals surface area contributed by atoms with Gasteiger partial charge in [-0.2, -0.15) is 9.61 Å². The Hall–Kier alpha value is -1.62. The molecule has 0 aliphatic carbocycles. The normalized spacial score (nSPS) is 17.5. The molecule has 0 amide bonds. The zero-order chi connectivity index (χ0) is 11.7. The molecular formula is C12H16N4O. The molecule has 0 spiro atoms. The van der Waals surface area contributed by atoms with Gasteiger partial charge >= 0.3 is 0 Å². The Morgan fingerprint density at radius 2 is 2.18 bits per heavy atom. The number of aryl methyl sites for hydroxylation is 1. The molecule has 0 atom stereocenters. The van der Waals surface area contributed by atoms with Gasteiger partial charge in [0, 0.05) is 19.3 Å². The van der Waals surface area contributed by atoms with Crippen LogP contribution in [0.4, 0.5) is 5.82 Å². The summed E-state index contributed by atoms with van der Waals surface area (Å²) in [7, 11) is 0. The summed E-state index contributed by atoms with van der Waals surface area (Å²) in [6, 6.07) is 4.61. The monoisotopic (exact) mass is 232 g/mol. The van der Waals surface area contributed by atoms with Crippen molar-refractivity contribution in [1.29, 1.82) is 0 Å². The first-order valence-corrected chi connectivity index (χ1v) is 5.97. The Morgan fingerprint density at radius 1 is 1.35 bits per heavy atom. The average Bonchev–Trinajstić information content (AvgIpc) is 2.78. The second kappa shape index (κ2) is 4.33. The highest BCUT2D eigenvalue weighted by Gasteiger charge is 2.15. The Kier molecular flexibility index (Phi) is 2.68. The van der Waals surface area contributed by atoms with Crippen LogP contribution in [0, 0.1) is 6.92 Å². The van der Waals surface area contributed by atoms with E-state index in [0.29, 0.717) is 6.04 Å². The summed E-state index contributed by atoms with van der Waals surface area (Å²) in [4.78, 5) is 4.22. The maximum atomic E-state index is 5.36. The van der Waals surface area contributed by atoms with Gasteiger partial charge in [-0.25, -0.2) is 4.98 Å². The van der Waals surface area contributed by atoms with Crippen molar-refractivity contribution in [3.05, 3.63) is 24.0 Å². The van der Waals surface area contributed by atoms with Crippen LogP contribution >= 0.6 is 0 Å². The van der Waals surface area contributed by atoms with Gasteiger partial charge in [0.05, 0.1) is 0 Å². The Morgan fingerprint density at radius 3 is 3.00 bits per heavy atom. The molecule has 0 saturated carbocycles. The third kappa shape index (κ3) is 2.10. The van der Waals surface area contributed by atoms with Crippen LogP contribution in [0.2, 0.25) is 0 Å². The quantitative estimate of drug-likeness (QED) is 0.855. The largest absolute Gasteiger partial charge is 0.381 e. The van der Waals surface area contributed by atoms with Gasteiger partial charge in [-0.05, 0) is 37.5 Å². The second-order valence-corrected chi connectivity index (χ2v) is 4.48. The molecule has 0 bridgehead atoms. The fourth-order valence-corrected chi connectivity index (χ4v) is 2.21. The van der Waals surface area contributed by atoms with Crippen LogP contribution in [-0.2, 0) is 4.74 Å². The summed E-state index contributed by atoms with van der Waals surface area (Å²) in [5.41, 5.74) is 2.08. The van der Waals surface area contributed by atoms with Crippen molar-refractivity contribution in [3.8, 4) is 0 Å². The lowest BCUT2D eigenvalue weighted by Gasteiger charge is -2.24. The topological polar surface area (TPSA) is 51.5 Å². The minimum absolute atomic E-state index is 0.470. The van der Waals surface area contributed by atoms with Gasteiger partial charge < -0.3 is 10.1 Å². The summed E-state index contributed by atoms with van der Waals surface area (Å²) < 4.78 is 7.21. The number of hydrogen-bond acceptors (Lipinski definition) is 4. The maximum Gasteiger partial charge on any atom is 0.157 e. The number of nitrogens with zero attached hydrogens (tertiary/aromatic N) is 3. The van der Waals surface area contributed by atoms with Crippen molar-refractivity contribution < 1.29 is 4.74 Å². The van der Waals surface area contributed by atoms with Gasteiger partial charge in [-0.15, -0.1) is 0 Å². The van der Waals surface area contributed by atoms with Gasteiger partial charge in [0.2, 0.25) is 0 Å². The van der Waals surface area contributed by atoms with E-state index < -0.39 is 0 Å². The summed E-state index contributed by atoms with van der Waals surface area (Å²) >= 11 is 0. The first kappa shape index (κ1) is 10.5. The molecule has 3 heterocycles. The molecule has 2 aromatic rings. The predicted molar refractivity (Wildman–Crippen MR) is 65.2 cm³/mol. The van der Waals surface area contributed by atoms with Crippen LogP contribution in [0.15, 0.2) is 18.5 Å². The van der Waals surface area contributed by atoms with Crippen molar-refractivity contribution in [2.75, 3.05) is 18.5 Å². The summed E-state index contributed by atoms with van der Waals surface area (Å²) in [6.07, 6.45) is 3.68. The molecule has 2 aromatic heterocycles. The Labute approximate surface area is 99.8 Å². The lowest BCUT2D eigenvalue weighted by molar-refractivity contribution is 0.0903. The highest BCUT2D eigenvalue weighted by molar-refractivity contribution is 5.51. The van der Waals surface area contributed by atoms with Crippen LogP contribution in [0.1, 0.15) is 18.4 Å². The van der Waals surface area contributed by atoms with E-state index in [4.69, 9.17) is 4.74 Å². The van der Waals surface area contributed by atoms with E-state index in [0.717, 1.165) is 37.5 Å². The molecule has 3 rings (SSSR count). The Balaban J connectivity index is 1.90. The number of rotatable bonds is 2. The molecule has 1 N–H and O–H groups in total. The van der Waals surface area contributed by atoms with Crippen LogP contribution in [0.5, 0.6) is 0 Å². The van der Waals surface area contributed by atoms with Gasteiger partial charge in [0.15, 0.2) is 5.65 Å². The molecule has 1 fully saturated rings. The molecule has 5 nitrogen and oxygen atoms in total. The Bertz CT molecular complexity index is 516. The fourth-order valence-electron chi connectivity index (χ4n) is 2.21. The molecule has 1 aliphatic rings. The zero-order valence-electron chi connectivity index (χ0n) is 9.89. The number of ether oxygens (including phenoxy) is 1. The van der Waals surface area contributed by atoms with Crippen LogP contribution in [0.25, 0.3) is 5.65 Å². The van der Waals surface area contributed by atoms with Gasteiger partial charge in [-0.1, -0.05) is 0 Å². The zero-order valence-corrected chi connectivity index (χ0v) is 9.89. The first-order chi connectivity index (χ1) is 8.33. The third-order valence-electron chi connectivity index (χ3n) is 3.10. The predicted octanol–water partition coefficient (Wildman–Crippen LogP) is 1.63. The summed E-state index contributed by atoms with van der Waals surface area (Å²) in [5.74, 6) is 1.02. The number of pyridine rings is 1. The van der Waals surface area contributed by atoms with Gasteiger partial charge in [0.1, 0.15) is 12.1 Å². The SMILES string of the molecule is Cc1cc(NC2CCOCC2)n2ncnc2c1. The number of hydrogen-bond donors (Lipinski definition) is 1. The van der Waals surface area contributed by atoms with Crippen LogP contribution in [-0.4, -0.2) is 33.9 Å². The number of anilines is 1. The van der Waals surface area contributed by atoms with E-state index >= 15 is 0 Å². The van der Waals surface area contributed by atoms with E-state index in [-0.39, 0.29) is 0 Å². The molecular weight excluding hydrogens is 216 g/mol. The molecule has 90 valence electrons. The fraction of sp³-hybridized carbons (Fsp3) is 0.500. The lowest BCUT2D eigenvalue weighted by atomic mass is 10.1. The standard InChI is InChI=1S/C12H16N4O/c1-9-6-11-13-8-14-16(11)12(7-9)15-10-2-4-17-5-3-10/h6-8,10,15H,2-5H2,1H3. The van der Waals surface area contributed by atoms with E-state index in [9.17, 15) is 0 Å². The molecule has 17 heavy (non-hydrogen) atoms.